The van der Waals surface area contributed by atoms with Gasteiger partial charge in [0.25, 0.3) is 0 Å². The van der Waals surface area contributed by atoms with Crippen molar-refractivity contribution in [1.82, 2.24) is 5.32 Å². The van der Waals surface area contributed by atoms with Gasteiger partial charge >= 0.3 is 13.6 Å². The van der Waals surface area contributed by atoms with Crippen LogP contribution in [0.3, 0.4) is 0 Å². The molecule has 18 heavy (non-hydrogen) atoms. The molecule has 0 aliphatic carbocycles. The molecule has 1 amide bonds. The number of rotatable bonds is 5. The Morgan fingerprint density at radius 2 is 1.56 bits per heavy atom. The number of carbonyl (C=O) groups is 2. The van der Waals surface area contributed by atoms with Crippen molar-refractivity contribution in [2.75, 3.05) is 21.3 Å². The molecule has 8 heteroatoms. The SMILES string of the molecule is COC(=O)C(NC(=O)C(C)(C)C)P(=O)(OC)OC. The van der Waals surface area contributed by atoms with Gasteiger partial charge in [-0.1, -0.05) is 20.8 Å². The van der Waals surface area contributed by atoms with Gasteiger partial charge in [-0.15, -0.1) is 0 Å². The third-order valence-corrected chi connectivity index (χ3v) is 4.19. The van der Waals surface area contributed by atoms with Gasteiger partial charge in [-0.05, 0) is 0 Å². The predicted molar refractivity (Wildman–Crippen MR) is 65.0 cm³/mol. The summed E-state index contributed by atoms with van der Waals surface area (Å²) in [6, 6.07) is 0. The highest BCUT2D eigenvalue weighted by atomic mass is 31.2. The molecule has 106 valence electrons. The van der Waals surface area contributed by atoms with E-state index in [1.165, 1.54) is 0 Å². The molecular formula is C10H20NO6P. The Labute approximate surface area is 107 Å². The van der Waals surface area contributed by atoms with Gasteiger partial charge in [0, 0.05) is 19.6 Å². The average Bonchev–Trinajstić information content (AvgIpc) is 2.32. The largest absolute Gasteiger partial charge is 0.467 e. The van der Waals surface area contributed by atoms with Crippen LogP contribution in [-0.2, 0) is 27.9 Å². The first-order valence-corrected chi connectivity index (χ1v) is 6.83. The molecule has 0 spiro atoms. The van der Waals surface area contributed by atoms with E-state index in [1.807, 2.05) is 0 Å². The van der Waals surface area contributed by atoms with Crippen molar-refractivity contribution in [3.63, 3.8) is 0 Å². The number of amides is 1. The van der Waals surface area contributed by atoms with Crippen molar-refractivity contribution < 1.29 is 27.9 Å². The van der Waals surface area contributed by atoms with Gasteiger partial charge < -0.3 is 19.1 Å². The fraction of sp³-hybridized carbons (Fsp3) is 0.800. The lowest BCUT2D eigenvalue weighted by atomic mass is 9.96. The van der Waals surface area contributed by atoms with Crippen LogP contribution in [-0.4, -0.2) is 39.0 Å². The Morgan fingerprint density at radius 3 is 1.83 bits per heavy atom. The summed E-state index contributed by atoms with van der Waals surface area (Å²) in [6.07, 6.45) is 0. The molecule has 0 aliphatic rings. The minimum absolute atomic E-state index is 0.466. The topological polar surface area (TPSA) is 90.9 Å². The summed E-state index contributed by atoms with van der Waals surface area (Å²) in [6.45, 7) is 4.96. The summed E-state index contributed by atoms with van der Waals surface area (Å²) in [5.41, 5.74) is -0.751. The van der Waals surface area contributed by atoms with E-state index in [4.69, 9.17) is 9.05 Å². The lowest BCUT2D eigenvalue weighted by Gasteiger charge is -2.26. The molecule has 0 aromatic carbocycles. The summed E-state index contributed by atoms with van der Waals surface area (Å²) in [5, 5.41) is 2.32. The Hall–Kier alpha value is -0.910. The van der Waals surface area contributed by atoms with Crippen molar-refractivity contribution in [3.05, 3.63) is 0 Å². The molecule has 0 aromatic rings. The molecular weight excluding hydrogens is 261 g/mol. The standard InChI is InChI=1S/C10H20NO6P/c1-10(2,3)9(13)11-7(8(12)15-4)18(14,16-5)17-6/h7H,1-6H3,(H,11,13). The zero-order valence-electron chi connectivity index (χ0n) is 11.5. The number of esters is 1. The van der Waals surface area contributed by atoms with E-state index in [2.05, 4.69) is 10.1 Å². The number of hydrogen-bond donors (Lipinski definition) is 1. The van der Waals surface area contributed by atoms with Crippen LogP contribution in [0.4, 0.5) is 0 Å². The van der Waals surface area contributed by atoms with Gasteiger partial charge in [0.05, 0.1) is 7.11 Å². The van der Waals surface area contributed by atoms with Gasteiger partial charge in [-0.3, -0.25) is 9.36 Å². The van der Waals surface area contributed by atoms with Crippen molar-refractivity contribution in [3.8, 4) is 0 Å². The molecule has 0 saturated heterocycles. The normalized spacial score (nSPS) is 13.9. The monoisotopic (exact) mass is 281 g/mol. The summed E-state index contributed by atoms with van der Waals surface area (Å²) in [4.78, 5) is 23.4. The fourth-order valence-electron chi connectivity index (χ4n) is 1.00. The maximum absolute atomic E-state index is 12.2. The first-order chi connectivity index (χ1) is 8.12. The van der Waals surface area contributed by atoms with Gasteiger partial charge in [-0.25, -0.2) is 4.79 Å². The second-order valence-corrected chi connectivity index (χ2v) is 6.88. The first kappa shape index (κ1) is 17.1. The highest BCUT2D eigenvalue weighted by Crippen LogP contribution is 2.51. The third-order valence-electron chi connectivity index (χ3n) is 2.20. The second-order valence-electron chi connectivity index (χ2n) is 4.55. The Bertz CT molecular complexity index is 354. The Balaban J connectivity index is 5.22. The number of ether oxygens (including phenoxy) is 1. The van der Waals surface area contributed by atoms with E-state index in [1.54, 1.807) is 20.8 Å². The van der Waals surface area contributed by atoms with E-state index < -0.39 is 30.7 Å². The molecule has 1 unspecified atom stereocenters. The van der Waals surface area contributed by atoms with Crippen LogP contribution < -0.4 is 5.32 Å². The summed E-state index contributed by atoms with van der Waals surface area (Å²) >= 11 is 0. The maximum Gasteiger partial charge on any atom is 0.363 e. The predicted octanol–water partition coefficient (Wildman–Crippen LogP) is 1.13. The molecule has 0 aliphatic heterocycles. The van der Waals surface area contributed by atoms with Crippen LogP contribution in [0.25, 0.3) is 0 Å². The van der Waals surface area contributed by atoms with E-state index in [0.29, 0.717) is 0 Å². The number of carbonyl (C=O) groups excluding carboxylic acids is 2. The van der Waals surface area contributed by atoms with Crippen molar-refractivity contribution in [1.29, 1.82) is 0 Å². The second kappa shape index (κ2) is 6.31. The minimum atomic E-state index is -3.79. The molecule has 0 bridgehead atoms. The third kappa shape index (κ3) is 4.08. The van der Waals surface area contributed by atoms with E-state index >= 15 is 0 Å². The minimum Gasteiger partial charge on any atom is -0.467 e. The summed E-state index contributed by atoms with van der Waals surface area (Å²) in [5.74, 6) is -2.84. The van der Waals surface area contributed by atoms with E-state index in [0.717, 1.165) is 21.3 Å². The molecule has 1 N–H and O–H groups in total. The molecule has 0 heterocycles. The average molecular weight is 281 g/mol. The fourth-order valence-corrected chi connectivity index (χ4v) is 2.21. The van der Waals surface area contributed by atoms with Crippen LogP contribution in [0.2, 0.25) is 0 Å². The number of methoxy groups -OCH3 is 1. The lowest BCUT2D eigenvalue weighted by Crippen LogP contribution is -2.46. The molecule has 0 rings (SSSR count). The van der Waals surface area contributed by atoms with Crippen LogP contribution in [0.15, 0.2) is 0 Å². The van der Waals surface area contributed by atoms with Gasteiger partial charge in [0.2, 0.25) is 11.7 Å². The summed E-state index contributed by atoms with van der Waals surface area (Å²) in [7, 11) is -0.418. The molecule has 0 aromatic heterocycles. The zero-order valence-corrected chi connectivity index (χ0v) is 12.4. The maximum atomic E-state index is 12.2. The van der Waals surface area contributed by atoms with Gasteiger partial charge in [0.15, 0.2) is 0 Å². The van der Waals surface area contributed by atoms with Crippen LogP contribution in [0.1, 0.15) is 20.8 Å². The summed E-state index contributed by atoms with van der Waals surface area (Å²) < 4.78 is 26.1. The number of hydrogen-bond acceptors (Lipinski definition) is 6. The highest BCUT2D eigenvalue weighted by molar-refractivity contribution is 7.55. The molecule has 0 saturated carbocycles. The molecule has 1 atom stereocenters. The Morgan fingerprint density at radius 1 is 1.11 bits per heavy atom. The van der Waals surface area contributed by atoms with Crippen molar-refractivity contribution in [2.24, 2.45) is 5.41 Å². The van der Waals surface area contributed by atoms with E-state index in [9.17, 15) is 14.2 Å². The van der Waals surface area contributed by atoms with Crippen LogP contribution >= 0.6 is 7.60 Å². The van der Waals surface area contributed by atoms with Crippen LogP contribution in [0, 0.1) is 5.41 Å². The smallest absolute Gasteiger partial charge is 0.363 e. The molecule has 0 radical (unpaired) electrons. The molecule has 7 nitrogen and oxygen atoms in total. The quantitative estimate of drug-likeness (QED) is 0.600. The first-order valence-electron chi connectivity index (χ1n) is 5.22. The lowest BCUT2D eigenvalue weighted by molar-refractivity contribution is -0.144. The van der Waals surface area contributed by atoms with Crippen molar-refractivity contribution >= 4 is 19.5 Å². The van der Waals surface area contributed by atoms with E-state index in [-0.39, 0.29) is 0 Å². The highest BCUT2D eigenvalue weighted by Gasteiger charge is 2.43. The van der Waals surface area contributed by atoms with Crippen LogP contribution in [0.5, 0.6) is 0 Å². The van der Waals surface area contributed by atoms with Gasteiger partial charge in [0.1, 0.15) is 0 Å². The molecule has 0 fully saturated rings. The Kier molecular flexibility index (Phi) is 5.99. The number of nitrogens with one attached hydrogen (secondary N) is 1. The zero-order chi connectivity index (χ0) is 14.6. The van der Waals surface area contributed by atoms with Gasteiger partial charge in [-0.2, -0.15) is 0 Å². The van der Waals surface area contributed by atoms with Crippen molar-refractivity contribution in [2.45, 2.75) is 26.6 Å².